The number of benzene rings is 1. The van der Waals surface area contributed by atoms with E-state index in [1.54, 1.807) is 12.4 Å². The van der Waals surface area contributed by atoms with Crippen LogP contribution in [0.1, 0.15) is 36.8 Å². The van der Waals surface area contributed by atoms with Gasteiger partial charge < -0.3 is 0 Å². The molecule has 3 heteroatoms. The molecule has 0 N–H and O–H groups in total. The number of ketones is 1. The monoisotopic (exact) mass is 255 g/mol. The van der Waals surface area contributed by atoms with Crippen LogP contribution in [0, 0.1) is 5.41 Å². The van der Waals surface area contributed by atoms with E-state index in [0.29, 0.717) is 12.2 Å². The summed E-state index contributed by atoms with van der Waals surface area (Å²) >= 11 is 0. The Morgan fingerprint density at radius 2 is 1.89 bits per heavy atom. The van der Waals surface area contributed by atoms with Crippen LogP contribution >= 0.6 is 0 Å². The third kappa shape index (κ3) is 3.25. The molecule has 2 aromatic rings. The van der Waals surface area contributed by atoms with E-state index in [4.69, 9.17) is 0 Å². The highest BCUT2D eigenvalue weighted by molar-refractivity contribution is 5.96. The Morgan fingerprint density at radius 3 is 2.53 bits per heavy atom. The van der Waals surface area contributed by atoms with Crippen molar-refractivity contribution in [3.05, 3.63) is 60.2 Å². The summed E-state index contributed by atoms with van der Waals surface area (Å²) in [4.78, 5) is 16.5. The summed E-state index contributed by atoms with van der Waals surface area (Å²) in [6.45, 7) is 6.46. The van der Waals surface area contributed by atoms with Gasteiger partial charge in [0, 0.05) is 11.0 Å². The van der Waals surface area contributed by atoms with Gasteiger partial charge in [-0.3, -0.25) is 9.78 Å². The molecular formula is C16H19N2O+. The lowest BCUT2D eigenvalue weighted by Crippen LogP contribution is -2.43. The zero-order chi connectivity index (χ0) is 13.9. The van der Waals surface area contributed by atoms with E-state index in [-0.39, 0.29) is 5.78 Å². The Hall–Kier alpha value is -2.03. The number of hydrogen-bond donors (Lipinski definition) is 0. The molecule has 0 aliphatic rings. The van der Waals surface area contributed by atoms with Gasteiger partial charge in [-0.1, -0.05) is 51.1 Å². The molecule has 1 aromatic heterocycles. The molecule has 0 saturated heterocycles. The number of rotatable bonds is 3. The van der Waals surface area contributed by atoms with E-state index in [2.05, 4.69) is 17.1 Å². The van der Waals surface area contributed by atoms with Gasteiger partial charge in [0.2, 0.25) is 5.78 Å². The van der Waals surface area contributed by atoms with Crippen LogP contribution in [0.3, 0.4) is 0 Å². The molecule has 3 nitrogen and oxygen atoms in total. The second-order valence-electron chi connectivity index (χ2n) is 5.65. The number of Topliss-reactive ketones (excluding diaryl/α,β-unsaturated/α-hetero) is 1. The maximum atomic E-state index is 12.4. The first-order valence-electron chi connectivity index (χ1n) is 6.40. The van der Waals surface area contributed by atoms with Gasteiger partial charge in [0.1, 0.15) is 6.20 Å². The second-order valence-corrected chi connectivity index (χ2v) is 5.65. The second kappa shape index (κ2) is 5.31. The van der Waals surface area contributed by atoms with E-state index >= 15 is 0 Å². The largest absolute Gasteiger partial charge is 0.287 e. The minimum absolute atomic E-state index is 0.108. The van der Waals surface area contributed by atoms with Crippen LogP contribution in [0.25, 0.3) is 0 Å². The summed E-state index contributed by atoms with van der Waals surface area (Å²) in [5.41, 5.74) is 1.42. The molecule has 0 amide bonds. The molecule has 19 heavy (non-hydrogen) atoms. The quantitative estimate of drug-likeness (QED) is 0.624. The fourth-order valence-electron chi connectivity index (χ4n) is 1.88. The lowest BCUT2D eigenvalue weighted by Gasteiger charge is -2.14. The standard InChI is InChI=1S/C16H19N2O/c1-16(2,3)15(19)14-11-17-9-10-18(14)12-13-7-5-4-6-8-13/h4-11H,12H2,1-3H3/q+1. The SMILES string of the molecule is CC(C)(C)C(=O)c1cncc[n+]1Cc1ccccc1. The molecule has 0 fully saturated rings. The van der Waals surface area contributed by atoms with Gasteiger partial charge in [0.25, 0.3) is 5.69 Å². The summed E-state index contributed by atoms with van der Waals surface area (Å²) in [6.07, 6.45) is 5.21. The molecule has 0 radical (unpaired) electrons. The molecule has 0 bridgehead atoms. The summed E-state index contributed by atoms with van der Waals surface area (Å²) < 4.78 is 1.95. The number of carbonyl (C=O) groups is 1. The average Bonchev–Trinajstić information content (AvgIpc) is 2.39. The molecule has 98 valence electrons. The lowest BCUT2D eigenvalue weighted by atomic mass is 9.89. The highest BCUT2D eigenvalue weighted by Gasteiger charge is 2.30. The molecule has 0 unspecified atom stereocenters. The van der Waals surface area contributed by atoms with Crippen LogP contribution in [0.15, 0.2) is 48.9 Å². The summed E-state index contributed by atoms with van der Waals surface area (Å²) in [5.74, 6) is 0.108. The van der Waals surface area contributed by atoms with Crippen molar-refractivity contribution in [1.82, 2.24) is 4.98 Å². The molecular weight excluding hydrogens is 236 g/mol. The van der Waals surface area contributed by atoms with E-state index in [1.807, 2.05) is 49.7 Å². The van der Waals surface area contributed by atoms with E-state index in [1.165, 1.54) is 5.56 Å². The lowest BCUT2D eigenvalue weighted by molar-refractivity contribution is -0.690. The Kier molecular flexibility index (Phi) is 3.74. The molecule has 0 saturated carbocycles. The molecule has 1 aromatic carbocycles. The molecule has 2 rings (SSSR count). The number of aromatic nitrogens is 2. The first-order chi connectivity index (χ1) is 8.98. The van der Waals surface area contributed by atoms with E-state index in [0.717, 1.165) is 0 Å². The summed E-state index contributed by atoms with van der Waals surface area (Å²) in [6, 6.07) is 10.1. The van der Waals surface area contributed by atoms with E-state index < -0.39 is 5.41 Å². The van der Waals surface area contributed by atoms with Crippen molar-refractivity contribution in [2.75, 3.05) is 0 Å². The van der Waals surface area contributed by atoms with Crippen molar-refractivity contribution < 1.29 is 9.36 Å². The Balaban J connectivity index is 2.35. The summed E-state index contributed by atoms with van der Waals surface area (Å²) in [7, 11) is 0. The zero-order valence-corrected chi connectivity index (χ0v) is 11.6. The van der Waals surface area contributed by atoms with Gasteiger partial charge in [-0.05, 0) is 0 Å². The van der Waals surface area contributed by atoms with Gasteiger partial charge in [-0.15, -0.1) is 0 Å². The maximum absolute atomic E-state index is 12.4. The molecule has 0 aliphatic heterocycles. The third-order valence-corrected chi connectivity index (χ3v) is 2.95. The van der Waals surface area contributed by atoms with Crippen molar-refractivity contribution in [1.29, 1.82) is 0 Å². The Labute approximate surface area is 113 Å². The number of nitrogens with zero attached hydrogens (tertiary/aromatic N) is 2. The smallest absolute Gasteiger partial charge is 0.267 e. The fraction of sp³-hybridized carbons (Fsp3) is 0.312. The Bertz CT molecular complexity index is 571. The van der Waals surface area contributed by atoms with Crippen LogP contribution in [0.2, 0.25) is 0 Å². The Morgan fingerprint density at radius 1 is 1.21 bits per heavy atom. The van der Waals surface area contributed by atoms with Gasteiger partial charge in [-0.2, -0.15) is 4.57 Å². The topological polar surface area (TPSA) is 33.8 Å². The molecule has 0 spiro atoms. The van der Waals surface area contributed by atoms with Gasteiger partial charge >= 0.3 is 0 Å². The minimum Gasteiger partial charge on any atom is -0.287 e. The average molecular weight is 255 g/mol. The first-order valence-corrected chi connectivity index (χ1v) is 6.40. The summed E-state index contributed by atoms with van der Waals surface area (Å²) in [5, 5.41) is 0. The zero-order valence-electron chi connectivity index (χ0n) is 11.6. The van der Waals surface area contributed by atoms with Crippen LogP contribution in [0.5, 0.6) is 0 Å². The van der Waals surface area contributed by atoms with Crippen LogP contribution in [-0.4, -0.2) is 10.8 Å². The minimum atomic E-state index is -0.401. The molecule has 1 heterocycles. The van der Waals surface area contributed by atoms with Crippen LogP contribution in [-0.2, 0) is 6.54 Å². The van der Waals surface area contributed by atoms with Crippen molar-refractivity contribution in [2.24, 2.45) is 5.41 Å². The van der Waals surface area contributed by atoms with Gasteiger partial charge in [0.05, 0.1) is 6.20 Å². The third-order valence-electron chi connectivity index (χ3n) is 2.95. The van der Waals surface area contributed by atoms with Crippen molar-refractivity contribution >= 4 is 5.78 Å². The predicted molar refractivity (Wildman–Crippen MR) is 73.8 cm³/mol. The van der Waals surface area contributed by atoms with Gasteiger partial charge in [-0.25, -0.2) is 0 Å². The van der Waals surface area contributed by atoms with Crippen molar-refractivity contribution in [2.45, 2.75) is 27.3 Å². The highest BCUT2D eigenvalue weighted by Crippen LogP contribution is 2.18. The molecule has 0 aliphatic carbocycles. The highest BCUT2D eigenvalue weighted by atomic mass is 16.1. The van der Waals surface area contributed by atoms with Crippen LogP contribution in [0.4, 0.5) is 0 Å². The van der Waals surface area contributed by atoms with Crippen molar-refractivity contribution in [3.63, 3.8) is 0 Å². The van der Waals surface area contributed by atoms with Gasteiger partial charge in [0.15, 0.2) is 12.7 Å². The number of carbonyl (C=O) groups excluding carboxylic acids is 1. The van der Waals surface area contributed by atoms with Crippen molar-refractivity contribution in [3.8, 4) is 0 Å². The number of hydrogen-bond acceptors (Lipinski definition) is 2. The predicted octanol–water partition coefficient (Wildman–Crippen LogP) is 2.65. The molecule has 0 atom stereocenters. The fourth-order valence-corrected chi connectivity index (χ4v) is 1.88. The normalized spacial score (nSPS) is 11.3. The first kappa shape index (κ1) is 13.4. The van der Waals surface area contributed by atoms with E-state index in [9.17, 15) is 4.79 Å². The van der Waals surface area contributed by atoms with Crippen LogP contribution < -0.4 is 4.57 Å². The maximum Gasteiger partial charge on any atom is 0.267 e.